The van der Waals surface area contributed by atoms with Crippen LogP contribution in [0.4, 0.5) is 5.82 Å². The molecule has 0 spiro atoms. The number of nitrogens with zero attached hydrogens (tertiary/aromatic N) is 3. The van der Waals surface area contributed by atoms with Gasteiger partial charge in [-0.2, -0.15) is 0 Å². The SMILES string of the molecule is CC(C)CNc1ccc(C(=O)NCc2cccnc2)nn1. The van der Waals surface area contributed by atoms with Crippen molar-refractivity contribution in [2.45, 2.75) is 20.4 Å². The Morgan fingerprint density at radius 2 is 2.10 bits per heavy atom. The topological polar surface area (TPSA) is 79.8 Å². The lowest BCUT2D eigenvalue weighted by molar-refractivity contribution is 0.0945. The number of hydrogen-bond acceptors (Lipinski definition) is 5. The molecule has 0 aliphatic heterocycles. The van der Waals surface area contributed by atoms with Gasteiger partial charge >= 0.3 is 0 Å². The highest BCUT2D eigenvalue weighted by Gasteiger charge is 2.08. The van der Waals surface area contributed by atoms with Crippen LogP contribution in [0.25, 0.3) is 0 Å². The van der Waals surface area contributed by atoms with Crippen LogP contribution in [-0.4, -0.2) is 27.6 Å². The first-order chi connectivity index (χ1) is 10.1. The number of amides is 1. The Morgan fingerprint density at radius 3 is 2.71 bits per heavy atom. The molecule has 0 bridgehead atoms. The molecule has 0 atom stereocenters. The highest BCUT2D eigenvalue weighted by Crippen LogP contribution is 2.04. The molecule has 2 rings (SSSR count). The van der Waals surface area contributed by atoms with E-state index in [4.69, 9.17) is 0 Å². The summed E-state index contributed by atoms with van der Waals surface area (Å²) in [5.41, 5.74) is 1.24. The zero-order valence-corrected chi connectivity index (χ0v) is 12.2. The zero-order chi connectivity index (χ0) is 15.1. The molecule has 6 heteroatoms. The van der Waals surface area contributed by atoms with E-state index in [1.54, 1.807) is 24.5 Å². The fourth-order valence-electron chi connectivity index (χ4n) is 1.63. The van der Waals surface area contributed by atoms with Crippen molar-refractivity contribution in [2.75, 3.05) is 11.9 Å². The lowest BCUT2D eigenvalue weighted by Gasteiger charge is -2.08. The van der Waals surface area contributed by atoms with Gasteiger partial charge in [-0.05, 0) is 29.7 Å². The third kappa shape index (κ3) is 4.83. The minimum atomic E-state index is -0.248. The minimum absolute atomic E-state index is 0.248. The Kier molecular flexibility index (Phi) is 5.20. The van der Waals surface area contributed by atoms with Gasteiger partial charge in [0.25, 0.3) is 5.91 Å². The Balaban J connectivity index is 1.88. The fraction of sp³-hybridized carbons (Fsp3) is 0.333. The molecule has 2 heterocycles. The molecule has 1 amide bonds. The predicted molar refractivity (Wildman–Crippen MR) is 80.8 cm³/mol. The lowest BCUT2D eigenvalue weighted by atomic mass is 10.2. The second kappa shape index (κ2) is 7.33. The Labute approximate surface area is 124 Å². The van der Waals surface area contributed by atoms with E-state index in [0.717, 1.165) is 12.1 Å². The van der Waals surface area contributed by atoms with Gasteiger partial charge in [-0.25, -0.2) is 0 Å². The number of carbonyl (C=O) groups is 1. The number of anilines is 1. The first-order valence-corrected chi connectivity index (χ1v) is 6.90. The van der Waals surface area contributed by atoms with Gasteiger partial charge in [0.1, 0.15) is 5.82 Å². The first-order valence-electron chi connectivity index (χ1n) is 6.90. The third-order valence-electron chi connectivity index (χ3n) is 2.76. The summed E-state index contributed by atoms with van der Waals surface area (Å²) < 4.78 is 0. The van der Waals surface area contributed by atoms with E-state index in [1.165, 1.54) is 0 Å². The van der Waals surface area contributed by atoms with E-state index in [1.807, 2.05) is 12.1 Å². The largest absolute Gasteiger partial charge is 0.368 e. The summed E-state index contributed by atoms with van der Waals surface area (Å²) in [6.45, 7) is 5.46. The number of carbonyl (C=O) groups excluding carboxylic acids is 1. The summed E-state index contributed by atoms with van der Waals surface area (Å²) in [5, 5.41) is 13.9. The molecule has 21 heavy (non-hydrogen) atoms. The van der Waals surface area contributed by atoms with Crippen molar-refractivity contribution >= 4 is 11.7 Å². The van der Waals surface area contributed by atoms with Crippen LogP contribution in [0.15, 0.2) is 36.7 Å². The Hall–Kier alpha value is -2.50. The summed E-state index contributed by atoms with van der Waals surface area (Å²) in [4.78, 5) is 15.9. The highest BCUT2D eigenvalue weighted by molar-refractivity contribution is 5.92. The van der Waals surface area contributed by atoms with Crippen LogP contribution in [0, 0.1) is 5.92 Å². The van der Waals surface area contributed by atoms with Gasteiger partial charge in [0, 0.05) is 25.5 Å². The molecule has 0 fully saturated rings. The van der Waals surface area contributed by atoms with Crippen molar-refractivity contribution in [1.82, 2.24) is 20.5 Å². The zero-order valence-electron chi connectivity index (χ0n) is 12.2. The average molecular weight is 285 g/mol. The molecule has 0 aromatic carbocycles. The predicted octanol–water partition coefficient (Wildman–Crippen LogP) is 1.87. The summed E-state index contributed by atoms with van der Waals surface area (Å²) in [6.07, 6.45) is 3.41. The maximum Gasteiger partial charge on any atom is 0.272 e. The van der Waals surface area contributed by atoms with Gasteiger partial charge in [0.2, 0.25) is 0 Å². The van der Waals surface area contributed by atoms with Crippen LogP contribution in [-0.2, 0) is 6.54 Å². The molecule has 0 aliphatic carbocycles. The molecule has 0 saturated heterocycles. The third-order valence-corrected chi connectivity index (χ3v) is 2.76. The molecule has 0 unspecified atom stereocenters. The van der Waals surface area contributed by atoms with Crippen LogP contribution >= 0.6 is 0 Å². The number of rotatable bonds is 6. The number of hydrogen-bond donors (Lipinski definition) is 2. The number of nitrogens with one attached hydrogen (secondary N) is 2. The quantitative estimate of drug-likeness (QED) is 0.847. The van der Waals surface area contributed by atoms with Crippen molar-refractivity contribution in [3.63, 3.8) is 0 Å². The lowest BCUT2D eigenvalue weighted by Crippen LogP contribution is -2.24. The second-order valence-electron chi connectivity index (χ2n) is 5.12. The second-order valence-corrected chi connectivity index (χ2v) is 5.12. The van der Waals surface area contributed by atoms with E-state index in [9.17, 15) is 4.79 Å². The van der Waals surface area contributed by atoms with E-state index < -0.39 is 0 Å². The van der Waals surface area contributed by atoms with E-state index in [-0.39, 0.29) is 5.91 Å². The van der Waals surface area contributed by atoms with Crippen LogP contribution in [0.2, 0.25) is 0 Å². The molecule has 0 aliphatic rings. The summed E-state index contributed by atoms with van der Waals surface area (Å²) in [5.74, 6) is 0.948. The summed E-state index contributed by atoms with van der Waals surface area (Å²) in [7, 11) is 0. The average Bonchev–Trinajstić information content (AvgIpc) is 2.52. The van der Waals surface area contributed by atoms with Crippen molar-refractivity contribution in [2.24, 2.45) is 5.92 Å². The molecule has 110 valence electrons. The molecule has 2 aromatic heterocycles. The van der Waals surface area contributed by atoms with Gasteiger partial charge < -0.3 is 10.6 Å². The summed E-state index contributed by atoms with van der Waals surface area (Å²) in [6, 6.07) is 7.15. The van der Waals surface area contributed by atoms with Crippen molar-refractivity contribution in [1.29, 1.82) is 0 Å². The van der Waals surface area contributed by atoms with Gasteiger partial charge in [0.05, 0.1) is 0 Å². The molecular weight excluding hydrogens is 266 g/mol. The van der Waals surface area contributed by atoms with E-state index >= 15 is 0 Å². The van der Waals surface area contributed by atoms with Gasteiger partial charge in [-0.3, -0.25) is 9.78 Å². The van der Waals surface area contributed by atoms with Crippen molar-refractivity contribution in [3.8, 4) is 0 Å². The van der Waals surface area contributed by atoms with Crippen molar-refractivity contribution < 1.29 is 4.79 Å². The van der Waals surface area contributed by atoms with Gasteiger partial charge in [0.15, 0.2) is 5.69 Å². The molecule has 2 aromatic rings. The molecule has 0 saturated carbocycles. The maximum absolute atomic E-state index is 11.9. The fourth-order valence-corrected chi connectivity index (χ4v) is 1.63. The highest BCUT2D eigenvalue weighted by atomic mass is 16.1. The van der Waals surface area contributed by atoms with Crippen LogP contribution in [0.1, 0.15) is 29.9 Å². The van der Waals surface area contributed by atoms with Gasteiger partial charge in [-0.1, -0.05) is 19.9 Å². The first kappa shape index (κ1) is 14.9. The van der Waals surface area contributed by atoms with E-state index in [0.29, 0.717) is 24.0 Å². The molecule has 6 nitrogen and oxygen atoms in total. The standard InChI is InChI=1S/C15H19N5O/c1-11(2)8-17-14-6-5-13(19-20-14)15(21)18-10-12-4-3-7-16-9-12/h3-7,9,11H,8,10H2,1-2H3,(H,17,20)(H,18,21). The normalized spacial score (nSPS) is 10.4. The smallest absolute Gasteiger partial charge is 0.272 e. The minimum Gasteiger partial charge on any atom is -0.368 e. The molecule has 0 radical (unpaired) electrons. The molecule has 2 N–H and O–H groups in total. The number of pyridine rings is 1. The monoisotopic (exact) mass is 285 g/mol. The molecular formula is C15H19N5O. The van der Waals surface area contributed by atoms with Crippen LogP contribution in [0.3, 0.4) is 0 Å². The van der Waals surface area contributed by atoms with Crippen molar-refractivity contribution in [3.05, 3.63) is 47.9 Å². The maximum atomic E-state index is 11.9. The number of aromatic nitrogens is 3. The van der Waals surface area contributed by atoms with Crippen LogP contribution < -0.4 is 10.6 Å². The van der Waals surface area contributed by atoms with E-state index in [2.05, 4.69) is 39.7 Å². The Bertz CT molecular complexity index is 568. The van der Waals surface area contributed by atoms with Crippen LogP contribution in [0.5, 0.6) is 0 Å². The summed E-state index contributed by atoms with van der Waals surface area (Å²) >= 11 is 0. The Morgan fingerprint density at radius 1 is 1.24 bits per heavy atom. The van der Waals surface area contributed by atoms with Gasteiger partial charge in [-0.15, -0.1) is 10.2 Å².